The molecule has 1 amide bonds. The molecule has 6 nitrogen and oxygen atoms in total. The summed E-state index contributed by atoms with van der Waals surface area (Å²) in [5, 5.41) is 23.4. The van der Waals surface area contributed by atoms with Gasteiger partial charge in [0, 0.05) is 12.8 Å². The number of esters is 1. The van der Waals surface area contributed by atoms with Gasteiger partial charge in [0.15, 0.2) is 0 Å². The number of amides is 1. The molecule has 74 heavy (non-hydrogen) atoms. The fourth-order valence-electron chi connectivity index (χ4n) is 10.6. The molecule has 0 radical (unpaired) electrons. The maximum Gasteiger partial charge on any atom is 0.305 e. The van der Waals surface area contributed by atoms with Crippen LogP contribution in [0, 0.1) is 0 Å². The first-order valence-corrected chi connectivity index (χ1v) is 33.6. The summed E-state index contributed by atoms with van der Waals surface area (Å²) in [6.07, 6.45) is 79.2. The average molecular weight is 1040 g/mol. The molecule has 0 saturated carbocycles. The summed E-state index contributed by atoms with van der Waals surface area (Å²) in [7, 11) is 0. The van der Waals surface area contributed by atoms with Crippen molar-refractivity contribution in [2.24, 2.45) is 0 Å². The molecular formula is C68H131NO5. The molecule has 0 aromatic heterocycles. The third-order valence-corrected chi connectivity index (χ3v) is 15.7. The molecule has 0 aliphatic heterocycles. The van der Waals surface area contributed by atoms with Crippen LogP contribution >= 0.6 is 0 Å². The monoisotopic (exact) mass is 1040 g/mol. The van der Waals surface area contributed by atoms with Crippen molar-refractivity contribution in [3.8, 4) is 0 Å². The summed E-state index contributed by atoms with van der Waals surface area (Å²) < 4.78 is 5.47. The summed E-state index contributed by atoms with van der Waals surface area (Å²) in [5.74, 6) is -0.0390. The number of hydrogen-bond acceptors (Lipinski definition) is 5. The van der Waals surface area contributed by atoms with E-state index < -0.39 is 12.1 Å². The SMILES string of the molecule is CCCCCC/C=C\CCCCCCCC(=O)OCCCCCCCCCCCC/C=C\CCCCCCCCCC(=O)NC(CO)C(O)CCCCCCCCCCCCCCCCCCCCCCCCC. The molecule has 0 aliphatic carbocycles. The minimum atomic E-state index is -0.671. The zero-order chi connectivity index (χ0) is 53.6. The van der Waals surface area contributed by atoms with Gasteiger partial charge >= 0.3 is 5.97 Å². The molecule has 0 heterocycles. The number of carbonyl (C=O) groups excluding carboxylic acids is 2. The second kappa shape index (κ2) is 63.9. The zero-order valence-corrected chi connectivity index (χ0v) is 50.1. The van der Waals surface area contributed by atoms with Gasteiger partial charge in [-0.2, -0.15) is 0 Å². The van der Waals surface area contributed by atoms with E-state index in [1.54, 1.807) is 0 Å². The molecule has 0 aromatic carbocycles. The quantitative estimate of drug-likeness (QED) is 0.0320. The first-order chi connectivity index (χ1) is 36.5. The van der Waals surface area contributed by atoms with E-state index in [2.05, 4.69) is 43.5 Å². The Kier molecular flexibility index (Phi) is 62.4. The van der Waals surface area contributed by atoms with Gasteiger partial charge in [-0.05, 0) is 77.0 Å². The first-order valence-electron chi connectivity index (χ1n) is 33.6. The van der Waals surface area contributed by atoms with E-state index in [1.807, 2.05) is 0 Å². The van der Waals surface area contributed by atoms with Crippen LogP contribution in [0.4, 0.5) is 0 Å². The second-order valence-electron chi connectivity index (χ2n) is 23.1. The summed E-state index contributed by atoms with van der Waals surface area (Å²) in [6, 6.07) is -0.548. The predicted octanol–water partition coefficient (Wildman–Crippen LogP) is 21.4. The van der Waals surface area contributed by atoms with Crippen molar-refractivity contribution in [3.05, 3.63) is 24.3 Å². The Hall–Kier alpha value is -1.66. The second-order valence-corrected chi connectivity index (χ2v) is 23.1. The topological polar surface area (TPSA) is 95.9 Å². The van der Waals surface area contributed by atoms with E-state index in [1.165, 1.54) is 295 Å². The summed E-state index contributed by atoms with van der Waals surface area (Å²) in [4.78, 5) is 24.6. The minimum absolute atomic E-state index is 0.000272. The number of carbonyl (C=O) groups is 2. The predicted molar refractivity (Wildman–Crippen MR) is 324 cm³/mol. The van der Waals surface area contributed by atoms with Crippen LogP contribution < -0.4 is 5.32 Å². The highest BCUT2D eigenvalue weighted by Crippen LogP contribution is 2.18. The van der Waals surface area contributed by atoms with Crippen molar-refractivity contribution in [1.29, 1.82) is 0 Å². The Morgan fingerprint density at radius 2 is 0.635 bits per heavy atom. The molecular weight excluding hydrogens is 911 g/mol. The molecule has 0 aliphatic rings. The lowest BCUT2D eigenvalue weighted by atomic mass is 10.0. The van der Waals surface area contributed by atoms with Gasteiger partial charge in [0.1, 0.15) is 0 Å². The summed E-state index contributed by atoms with van der Waals surface area (Å²) in [6.45, 7) is 4.96. The molecule has 438 valence electrons. The number of rotatable bonds is 63. The van der Waals surface area contributed by atoms with Crippen LogP contribution in [0.3, 0.4) is 0 Å². The summed E-state index contributed by atoms with van der Waals surface area (Å²) in [5.41, 5.74) is 0. The van der Waals surface area contributed by atoms with Gasteiger partial charge in [0.2, 0.25) is 5.91 Å². The first kappa shape index (κ1) is 72.3. The molecule has 6 heteroatoms. The van der Waals surface area contributed by atoms with Crippen molar-refractivity contribution in [2.45, 2.75) is 386 Å². The van der Waals surface area contributed by atoms with Crippen LogP contribution in [-0.2, 0) is 14.3 Å². The highest BCUT2D eigenvalue weighted by Gasteiger charge is 2.20. The molecule has 0 saturated heterocycles. The number of allylic oxidation sites excluding steroid dienone is 4. The smallest absolute Gasteiger partial charge is 0.305 e. The molecule has 3 N–H and O–H groups in total. The van der Waals surface area contributed by atoms with Gasteiger partial charge in [-0.15, -0.1) is 0 Å². The van der Waals surface area contributed by atoms with Crippen molar-refractivity contribution in [1.82, 2.24) is 5.32 Å². The lowest BCUT2D eigenvalue weighted by Gasteiger charge is -2.22. The standard InChI is InChI=1S/C68H131NO5/c1-3-5-7-9-11-13-15-17-18-19-20-21-22-24-27-30-33-37-40-44-48-52-56-60-66(71)65(64-70)69-67(72)61-57-53-49-45-41-38-34-31-28-25-23-26-29-32-35-39-43-47-51-55-59-63-74-68(73)62-58-54-50-46-42-36-16-14-12-10-8-6-4-2/h14,16,25,28,65-66,70-71H,3-13,15,17-24,26-27,29-64H2,1-2H3,(H,69,72)/b16-14-,28-25-. The van der Waals surface area contributed by atoms with Gasteiger partial charge < -0.3 is 20.3 Å². The van der Waals surface area contributed by atoms with Gasteiger partial charge in [0.25, 0.3) is 0 Å². The Morgan fingerprint density at radius 1 is 0.365 bits per heavy atom. The number of unbranched alkanes of at least 4 members (excludes halogenated alkanes) is 48. The van der Waals surface area contributed by atoms with Crippen molar-refractivity contribution in [2.75, 3.05) is 13.2 Å². The summed E-state index contributed by atoms with van der Waals surface area (Å²) >= 11 is 0. The lowest BCUT2D eigenvalue weighted by Crippen LogP contribution is -2.45. The number of aliphatic hydroxyl groups excluding tert-OH is 2. The molecule has 0 aromatic rings. The van der Waals surface area contributed by atoms with Crippen LogP contribution in [0.1, 0.15) is 373 Å². The number of aliphatic hydroxyl groups is 2. The fraction of sp³-hybridized carbons (Fsp3) is 0.912. The third-order valence-electron chi connectivity index (χ3n) is 15.7. The van der Waals surface area contributed by atoms with E-state index in [9.17, 15) is 19.8 Å². The molecule has 0 fully saturated rings. The highest BCUT2D eigenvalue weighted by molar-refractivity contribution is 5.76. The van der Waals surface area contributed by atoms with E-state index in [-0.39, 0.29) is 18.5 Å². The number of nitrogens with one attached hydrogen (secondary N) is 1. The van der Waals surface area contributed by atoms with E-state index in [0.29, 0.717) is 25.9 Å². The largest absolute Gasteiger partial charge is 0.466 e. The van der Waals surface area contributed by atoms with Crippen LogP contribution in [0.25, 0.3) is 0 Å². The normalized spacial score (nSPS) is 12.6. The number of ether oxygens (including phenoxy) is 1. The van der Waals surface area contributed by atoms with Gasteiger partial charge in [0.05, 0.1) is 25.4 Å². The highest BCUT2D eigenvalue weighted by atomic mass is 16.5. The molecule has 0 rings (SSSR count). The minimum Gasteiger partial charge on any atom is -0.466 e. The maximum absolute atomic E-state index is 12.5. The van der Waals surface area contributed by atoms with E-state index >= 15 is 0 Å². The molecule has 0 spiro atoms. The van der Waals surface area contributed by atoms with E-state index in [0.717, 1.165) is 44.9 Å². The Balaban J connectivity index is 3.43. The third kappa shape index (κ3) is 59.6. The van der Waals surface area contributed by atoms with Crippen molar-refractivity contribution in [3.63, 3.8) is 0 Å². The molecule has 0 bridgehead atoms. The van der Waals surface area contributed by atoms with Gasteiger partial charge in [-0.25, -0.2) is 0 Å². The van der Waals surface area contributed by atoms with Crippen molar-refractivity contribution < 1.29 is 24.5 Å². The fourth-order valence-corrected chi connectivity index (χ4v) is 10.6. The van der Waals surface area contributed by atoms with Crippen LogP contribution in [0.5, 0.6) is 0 Å². The zero-order valence-electron chi connectivity index (χ0n) is 50.1. The lowest BCUT2D eigenvalue weighted by molar-refractivity contribution is -0.143. The van der Waals surface area contributed by atoms with Crippen LogP contribution in [-0.4, -0.2) is 47.4 Å². The van der Waals surface area contributed by atoms with Crippen LogP contribution in [0.2, 0.25) is 0 Å². The maximum atomic E-state index is 12.5. The molecule has 2 unspecified atom stereocenters. The average Bonchev–Trinajstić information content (AvgIpc) is 3.40. The molecule has 2 atom stereocenters. The van der Waals surface area contributed by atoms with Gasteiger partial charge in [-0.3, -0.25) is 9.59 Å². The Labute approximate surface area is 462 Å². The van der Waals surface area contributed by atoms with Crippen molar-refractivity contribution >= 4 is 11.9 Å². The van der Waals surface area contributed by atoms with Crippen LogP contribution in [0.15, 0.2) is 24.3 Å². The van der Waals surface area contributed by atoms with Gasteiger partial charge in [-0.1, -0.05) is 308 Å². The Bertz CT molecular complexity index is 1150. The Morgan fingerprint density at radius 3 is 0.973 bits per heavy atom. The van der Waals surface area contributed by atoms with E-state index in [4.69, 9.17) is 4.74 Å². The number of hydrogen-bond donors (Lipinski definition) is 3.